The van der Waals surface area contributed by atoms with Crippen LogP contribution in [0, 0.1) is 0 Å². The van der Waals surface area contributed by atoms with Crippen LogP contribution < -0.4 is 0 Å². The summed E-state index contributed by atoms with van der Waals surface area (Å²) < 4.78 is 20.4. The van der Waals surface area contributed by atoms with Gasteiger partial charge in [-0.05, 0) is 77.8 Å². The van der Waals surface area contributed by atoms with Crippen LogP contribution in [-0.4, -0.2) is 57.7 Å². The number of hydrogen-bond acceptors (Lipinski definition) is 4. The Kier molecular flexibility index (Phi) is 17.5. The lowest BCUT2D eigenvalue weighted by Crippen LogP contribution is -2.60. The Morgan fingerprint density at radius 2 is 1.00 bits per heavy atom. The zero-order chi connectivity index (χ0) is 27.9. The maximum absolute atomic E-state index is 12.6. The highest BCUT2D eigenvalue weighted by Gasteiger charge is 2.49. The second kappa shape index (κ2) is 17.5. The van der Waals surface area contributed by atoms with E-state index in [0.29, 0.717) is 6.54 Å². The van der Waals surface area contributed by atoms with Crippen molar-refractivity contribution >= 4 is 39.7 Å². The Morgan fingerprint density at radius 3 is 1.36 bits per heavy atom. The van der Waals surface area contributed by atoms with E-state index in [2.05, 4.69) is 72.4 Å². The third kappa shape index (κ3) is 20.0. The topological polar surface area (TPSA) is 48.0 Å². The van der Waals surface area contributed by atoms with E-state index in [1.807, 2.05) is 4.90 Å². The van der Waals surface area contributed by atoms with Crippen molar-refractivity contribution < 1.29 is 17.1 Å². The average Bonchev–Trinajstić information content (AvgIpc) is 2.69. The fourth-order valence-electron chi connectivity index (χ4n) is 4.35. The van der Waals surface area contributed by atoms with E-state index in [0.717, 1.165) is 25.4 Å². The van der Waals surface area contributed by atoms with Crippen molar-refractivity contribution in [1.29, 1.82) is 0 Å². The molecule has 0 atom stereocenters. The molecule has 0 saturated heterocycles. The van der Waals surface area contributed by atoms with E-state index in [1.54, 1.807) is 0 Å². The predicted octanol–water partition coefficient (Wildman–Crippen LogP) is 8.81. The van der Waals surface area contributed by atoms with Crippen LogP contribution in [-0.2, 0) is 17.1 Å². The minimum atomic E-state index is -2.86. The van der Waals surface area contributed by atoms with Crippen molar-refractivity contribution in [2.45, 2.75) is 143 Å². The zero-order valence-corrected chi connectivity index (χ0v) is 29.8. The standard InChI is InChI=1S/C27H61NO4Si4/c1-12-14-15-16-17-18-19-20-21-22-24-28(27(29)13-2)25-23-26-36(30-33(3,4)5,31-34(6,7)8)32-35(9,10)11/h13H,2,12,14-26H2,1,3-11H3. The van der Waals surface area contributed by atoms with Crippen molar-refractivity contribution in [3.63, 3.8) is 0 Å². The van der Waals surface area contributed by atoms with Gasteiger partial charge in [0.15, 0.2) is 25.0 Å². The van der Waals surface area contributed by atoms with Gasteiger partial charge in [0.2, 0.25) is 5.91 Å². The molecule has 0 spiro atoms. The molecule has 0 aromatic heterocycles. The largest absolute Gasteiger partial charge is 0.469 e. The van der Waals surface area contributed by atoms with Crippen LogP contribution in [0.25, 0.3) is 0 Å². The molecule has 0 aliphatic rings. The lowest BCUT2D eigenvalue weighted by Gasteiger charge is -2.43. The molecule has 36 heavy (non-hydrogen) atoms. The number of amides is 1. The molecular weight excluding hydrogens is 515 g/mol. The fourth-order valence-corrected chi connectivity index (χ4v) is 19.0. The van der Waals surface area contributed by atoms with Gasteiger partial charge in [-0.3, -0.25) is 4.79 Å². The van der Waals surface area contributed by atoms with E-state index in [-0.39, 0.29) is 5.91 Å². The monoisotopic (exact) mass is 575 g/mol. The summed E-state index contributed by atoms with van der Waals surface area (Å²) in [6.45, 7) is 27.5. The molecule has 0 saturated carbocycles. The van der Waals surface area contributed by atoms with Crippen molar-refractivity contribution in [1.82, 2.24) is 4.90 Å². The molecule has 0 bridgehead atoms. The second-order valence-electron chi connectivity index (χ2n) is 13.1. The summed E-state index contributed by atoms with van der Waals surface area (Å²) in [5.74, 6) is 0.0292. The minimum Gasteiger partial charge on any atom is -0.417 e. The SMILES string of the molecule is C=CC(=O)N(CCCCCCCCCCCC)CCC[Si](O[Si](C)(C)C)(O[Si](C)(C)C)O[Si](C)(C)C. The number of nitrogens with zero attached hydrogens (tertiary/aromatic N) is 1. The summed E-state index contributed by atoms with van der Waals surface area (Å²) in [4.78, 5) is 14.6. The number of rotatable bonds is 22. The van der Waals surface area contributed by atoms with Gasteiger partial charge in [-0.25, -0.2) is 0 Å². The van der Waals surface area contributed by atoms with Gasteiger partial charge in [0, 0.05) is 19.1 Å². The lowest BCUT2D eigenvalue weighted by molar-refractivity contribution is -0.126. The molecule has 0 unspecified atom stereocenters. The van der Waals surface area contributed by atoms with E-state index < -0.39 is 33.8 Å². The van der Waals surface area contributed by atoms with Gasteiger partial charge in [0.25, 0.3) is 0 Å². The zero-order valence-electron chi connectivity index (χ0n) is 25.8. The van der Waals surface area contributed by atoms with Gasteiger partial charge in [-0.15, -0.1) is 0 Å². The Balaban J connectivity index is 4.96. The Hall–Kier alpha value is -0.0425. The Morgan fingerprint density at radius 1 is 0.639 bits per heavy atom. The molecule has 0 fully saturated rings. The number of carbonyl (C=O) groups excluding carboxylic acids is 1. The van der Waals surface area contributed by atoms with Crippen LogP contribution in [0.5, 0.6) is 0 Å². The molecule has 0 heterocycles. The van der Waals surface area contributed by atoms with Gasteiger partial charge in [-0.2, -0.15) is 0 Å². The second-order valence-corrected chi connectivity index (χ2v) is 30.1. The average molecular weight is 576 g/mol. The van der Waals surface area contributed by atoms with Crippen molar-refractivity contribution in [2.75, 3.05) is 13.1 Å². The highest BCUT2D eigenvalue weighted by atomic mass is 28.5. The maximum Gasteiger partial charge on any atom is 0.469 e. The van der Waals surface area contributed by atoms with Gasteiger partial charge >= 0.3 is 8.80 Å². The van der Waals surface area contributed by atoms with Crippen LogP contribution in [0.3, 0.4) is 0 Å². The van der Waals surface area contributed by atoms with Gasteiger partial charge < -0.3 is 17.2 Å². The first-order valence-corrected chi connectivity index (χ1v) is 26.7. The summed E-state index contributed by atoms with van der Waals surface area (Å²) in [5, 5.41) is 0. The van der Waals surface area contributed by atoms with Crippen molar-refractivity contribution in [3.05, 3.63) is 12.7 Å². The number of carbonyl (C=O) groups is 1. The molecule has 0 aromatic rings. The molecule has 5 nitrogen and oxygen atoms in total. The maximum atomic E-state index is 12.6. The van der Waals surface area contributed by atoms with Crippen LogP contribution in [0.15, 0.2) is 12.7 Å². The first kappa shape index (κ1) is 36.0. The van der Waals surface area contributed by atoms with Crippen molar-refractivity contribution in [2.24, 2.45) is 0 Å². The smallest absolute Gasteiger partial charge is 0.417 e. The van der Waals surface area contributed by atoms with E-state index in [1.165, 1.54) is 63.9 Å². The molecule has 0 aromatic carbocycles. The van der Waals surface area contributed by atoms with Crippen LogP contribution >= 0.6 is 0 Å². The van der Waals surface area contributed by atoms with E-state index in [4.69, 9.17) is 12.3 Å². The summed E-state index contributed by atoms with van der Waals surface area (Å²) in [6, 6.07) is 0.769. The summed E-state index contributed by atoms with van der Waals surface area (Å²) >= 11 is 0. The van der Waals surface area contributed by atoms with Gasteiger partial charge in [0.1, 0.15) is 0 Å². The Bertz CT molecular complexity index is 572. The molecule has 1 amide bonds. The number of unbranched alkanes of at least 4 members (excludes halogenated alkanes) is 9. The van der Waals surface area contributed by atoms with Crippen LogP contribution in [0.2, 0.25) is 65.0 Å². The van der Waals surface area contributed by atoms with Gasteiger partial charge in [0.05, 0.1) is 0 Å². The molecule has 0 radical (unpaired) electrons. The summed E-state index contributed by atoms with van der Waals surface area (Å²) in [7, 11) is -8.51. The molecule has 0 aliphatic carbocycles. The van der Waals surface area contributed by atoms with E-state index >= 15 is 0 Å². The van der Waals surface area contributed by atoms with E-state index in [9.17, 15) is 4.79 Å². The molecule has 0 aliphatic heterocycles. The Labute approximate surface area is 229 Å². The third-order valence-electron chi connectivity index (χ3n) is 5.56. The quantitative estimate of drug-likeness (QED) is 0.0735. The summed E-state index contributed by atoms with van der Waals surface area (Å²) in [6.07, 6.45) is 15.3. The number of hydrogen-bond donors (Lipinski definition) is 0. The highest BCUT2D eigenvalue weighted by molar-refractivity contribution is 6.90. The predicted molar refractivity (Wildman–Crippen MR) is 167 cm³/mol. The lowest BCUT2D eigenvalue weighted by atomic mass is 10.1. The third-order valence-corrected chi connectivity index (χ3v) is 17.6. The van der Waals surface area contributed by atoms with Crippen LogP contribution in [0.4, 0.5) is 0 Å². The normalized spacial score (nSPS) is 13.2. The molecule has 9 heteroatoms. The fraction of sp³-hybridized carbons (Fsp3) is 0.889. The van der Waals surface area contributed by atoms with Gasteiger partial charge in [-0.1, -0.05) is 71.3 Å². The molecule has 0 N–H and O–H groups in total. The van der Waals surface area contributed by atoms with Crippen molar-refractivity contribution in [3.8, 4) is 0 Å². The molecule has 214 valence electrons. The summed E-state index contributed by atoms with van der Waals surface area (Å²) in [5.41, 5.74) is 0. The first-order valence-electron chi connectivity index (χ1n) is 14.5. The first-order chi connectivity index (χ1) is 16.5. The minimum absolute atomic E-state index is 0.0292. The molecular formula is C27H61NO4Si4. The highest BCUT2D eigenvalue weighted by Crippen LogP contribution is 2.30. The van der Waals surface area contributed by atoms with Crippen LogP contribution in [0.1, 0.15) is 77.6 Å². The molecule has 0 rings (SSSR count).